The number of aryl methyl sites for hydroxylation is 1. The summed E-state index contributed by atoms with van der Waals surface area (Å²) in [5.41, 5.74) is 2.76. The van der Waals surface area contributed by atoms with Crippen LogP contribution in [-0.4, -0.2) is 7.11 Å². The van der Waals surface area contributed by atoms with Gasteiger partial charge < -0.3 is 4.74 Å². The molecule has 0 atom stereocenters. The van der Waals surface area contributed by atoms with E-state index in [1.165, 1.54) is 30.4 Å². The zero-order chi connectivity index (χ0) is 17.8. The predicted octanol–water partition coefficient (Wildman–Crippen LogP) is 5.61. The molecule has 1 fully saturated rings. The molecule has 1 aliphatic carbocycles. The second-order valence-corrected chi connectivity index (χ2v) is 6.67. The van der Waals surface area contributed by atoms with E-state index in [0.717, 1.165) is 25.7 Å². The highest BCUT2D eigenvalue weighted by Gasteiger charge is 2.21. The molecule has 0 unspecified atom stereocenters. The lowest BCUT2D eigenvalue weighted by Crippen LogP contribution is -2.12. The Balaban J connectivity index is 1.64. The average Bonchev–Trinajstić information content (AvgIpc) is 2.64. The summed E-state index contributed by atoms with van der Waals surface area (Å²) in [6, 6.07) is 11.6. The van der Waals surface area contributed by atoms with Crippen molar-refractivity contribution in [3.63, 3.8) is 0 Å². The van der Waals surface area contributed by atoms with Crippen molar-refractivity contribution in [2.24, 2.45) is 5.92 Å². The number of methoxy groups -OCH3 is 1. The van der Waals surface area contributed by atoms with Crippen molar-refractivity contribution >= 4 is 0 Å². The van der Waals surface area contributed by atoms with Crippen LogP contribution in [0, 0.1) is 36.3 Å². The predicted molar refractivity (Wildman–Crippen MR) is 95.7 cm³/mol. The van der Waals surface area contributed by atoms with Crippen LogP contribution < -0.4 is 4.74 Å². The third-order valence-electron chi connectivity index (χ3n) is 4.95. The van der Waals surface area contributed by atoms with Gasteiger partial charge in [-0.05, 0) is 56.2 Å². The molecule has 0 aromatic heterocycles. The van der Waals surface area contributed by atoms with E-state index in [1.54, 1.807) is 0 Å². The maximum atomic E-state index is 14.0. The van der Waals surface area contributed by atoms with Crippen molar-refractivity contribution in [3.8, 4) is 17.6 Å². The first-order chi connectivity index (χ1) is 12.1. The number of ether oxygens (including phenoxy) is 1. The molecule has 1 saturated carbocycles. The molecular formula is C22H22F2O. The molecule has 2 aromatic rings. The van der Waals surface area contributed by atoms with E-state index in [-0.39, 0.29) is 17.2 Å². The highest BCUT2D eigenvalue weighted by Crippen LogP contribution is 2.35. The smallest absolute Gasteiger partial charge is 0.201 e. The number of benzene rings is 2. The summed E-state index contributed by atoms with van der Waals surface area (Å²) >= 11 is 0. The zero-order valence-corrected chi connectivity index (χ0v) is 14.6. The van der Waals surface area contributed by atoms with Crippen LogP contribution in [0.15, 0.2) is 36.4 Å². The third kappa shape index (κ3) is 4.02. The Morgan fingerprint density at radius 3 is 2.24 bits per heavy atom. The molecule has 0 aliphatic heterocycles. The Bertz CT molecular complexity index is 791. The molecule has 0 bridgehead atoms. The molecular weight excluding hydrogens is 318 g/mol. The van der Waals surface area contributed by atoms with E-state index >= 15 is 0 Å². The van der Waals surface area contributed by atoms with Gasteiger partial charge in [-0.25, -0.2) is 4.39 Å². The van der Waals surface area contributed by atoms with Crippen LogP contribution in [0.4, 0.5) is 8.78 Å². The fourth-order valence-electron chi connectivity index (χ4n) is 3.38. The molecule has 0 amide bonds. The molecule has 0 radical (unpaired) electrons. The molecule has 2 aromatic carbocycles. The largest absolute Gasteiger partial charge is 0.494 e. The summed E-state index contributed by atoms with van der Waals surface area (Å²) < 4.78 is 32.5. The van der Waals surface area contributed by atoms with Gasteiger partial charge in [-0.1, -0.05) is 41.7 Å². The van der Waals surface area contributed by atoms with Crippen LogP contribution in [0.2, 0.25) is 0 Å². The topological polar surface area (TPSA) is 9.23 Å². The van der Waals surface area contributed by atoms with Crippen molar-refractivity contribution in [1.82, 2.24) is 0 Å². The molecule has 130 valence electrons. The van der Waals surface area contributed by atoms with Crippen LogP contribution in [0.1, 0.15) is 48.3 Å². The monoisotopic (exact) mass is 340 g/mol. The lowest BCUT2D eigenvalue weighted by molar-refractivity contribution is 0.371. The first kappa shape index (κ1) is 17.5. The van der Waals surface area contributed by atoms with Gasteiger partial charge in [0.1, 0.15) is 0 Å². The van der Waals surface area contributed by atoms with E-state index in [4.69, 9.17) is 4.74 Å². The Labute approximate surface area is 148 Å². The quantitative estimate of drug-likeness (QED) is 0.646. The van der Waals surface area contributed by atoms with Gasteiger partial charge >= 0.3 is 0 Å². The average molecular weight is 340 g/mol. The van der Waals surface area contributed by atoms with Gasteiger partial charge in [0.15, 0.2) is 11.6 Å². The van der Waals surface area contributed by atoms with Gasteiger partial charge in [0.2, 0.25) is 5.82 Å². The maximum Gasteiger partial charge on any atom is 0.201 e. The molecule has 1 nitrogen and oxygen atoms in total. The Morgan fingerprint density at radius 2 is 1.60 bits per heavy atom. The van der Waals surface area contributed by atoms with Crippen LogP contribution >= 0.6 is 0 Å². The van der Waals surface area contributed by atoms with Crippen LogP contribution in [-0.2, 0) is 0 Å². The van der Waals surface area contributed by atoms with Crippen LogP contribution in [0.3, 0.4) is 0 Å². The third-order valence-corrected chi connectivity index (χ3v) is 4.95. The summed E-state index contributed by atoms with van der Waals surface area (Å²) in [4.78, 5) is 0. The van der Waals surface area contributed by atoms with Gasteiger partial charge in [0.05, 0.1) is 12.7 Å². The van der Waals surface area contributed by atoms with Gasteiger partial charge in [0, 0.05) is 5.92 Å². The summed E-state index contributed by atoms with van der Waals surface area (Å²) in [5, 5.41) is 0. The van der Waals surface area contributed by atoms with Gasteiger partial charge in [-0.2, -0.15) is 4.39 Å². The van der Waals surface area contributed by atoms with E-state index in [0.29, 0.717) is 5.92 Å². The number of rotatable bonds is 2. The first-order valence-corrected chi connectivity index (χ1v) is 8.68. The second kappa shape index (κ2) is 7.70. The second-order valence-electron chi connectivity index (χ2n) is 6.67. The molecule has 0 N–H and O–H groups in total. The normalized spacial score (nSPS) is 19.8. The van der Waals surface area contributed by atoms with E-state index in [2.05, 4.69) is 43.0 Å². The van der Waals surface area contributed by atoms with Crippen molar-refractivity contribution < 1.29 is 13.5 Å². The van der Waals surface area contributed by atoms with Gasteiger partial charge in [0.25, 0.3) is 0 Å². The number of hydrogen-bond acceptors (Lipinski definition) is 1. The SMILES string of the molecule is COc1ccc(C#CC2CCC(c3ccc(C)cc3)CC2)c(F)c1F. The molecule has 0 heterocycles. The van der Waals surface area contributed by atoms with Crippen molar-refractivity contribution in [2.45, 2.75) is 38.5 Å². The summed E-state index contributed by atoms with van der Waals surface area (Å²) in [7, 11) is 1.32. The Morgan fingerprint density at radius 1 is 0.920 bits per heavy atom. The highest BCUT2D eigenvalue weighted by molar-refractivity contribution is 5.41. The van der Waals surface area contributed by atoms with Gasteiger partial charge in [-0.15, -0.1) is 0 Å². The molecule has 25 heavy (non-hydrogen) atoms. The lowest BCUT2D eigenvalue weighted by Gasteiger charge is -2.26. The molecule has 3 rings (SSSR count). The lowest BCUT2D eigenvalue weighted by atomic mass is 9.79. The van der Waals surface area contributed by atoms with Crippen LogP contribution in [0.5, 0.6) is 5.75 Å². The fraction of sp³-hybridized carbons (Fsp3) is 0.364. The number of hydrogen-bond donors (Lipinski definition) is 0. The molecule has 0 saturated heterocycles. The Hall–Kier alpha value is -2.34. The van der Waals surface area contributed by atoms with Crippen molar-refractivity contribution in [2.75, 3.05) is 7.11 Å². The molecule has 0 spiro atoms. The zero-order valence-electron chi connectivity index (χ0n) is 14.6. The first-order valence-electron chi connectivity index (χ1n) is 8.68. The summed E-state index contributed by atoms with van der Waals surface area (Å²) in [6.45, 7) is 2.09. The van der Waals surface area contributed by atoms with E-state index in [9.17, 15) is 8.78 Å². The highest BCUT2D eigenvalue weighted by atomic mass is 19.2. The van der Waals surface area contributed by atoms with Crippen molar-refractivity contribution in [1.29, 1.82) is 0 Å². The standard InChI is InChI=1S/C22H22F2O/c1-15-3-8-17(9-4-15)18-10-5-16(6-11-18)7-12-19-13-14-20(25-2)22(24)21(19)23/h3-4,8-9,13-14,16,18H,5-6,10-11H2,1-2H3. The minimum atomic E-state index is -0.975. The Kier molecular flexibility index (Phi) is 5.38. The summed E-state index contributed by atoms with van der Waals surface area (Å²) in [5.74, 6) is 4.76. The molecule has 3 heteroatoms. The minimum Gasteiger partial charge on any atom is -0.494 e. The van der Waals surface area contributed by atoms with Crippen molar-refractivity contribution in [3.05, 3.63) is 64.7 Å². The van der Waals surface area contributed by atoms with Gasteiger partial charge in [-0.3, -0.25) is 0 Å². The van der Waals surface area contributed by atoms with E-state index in [1.807, 2.05) is 0 Å². The maximum absolute atomic E-state index is 14.0. The van der Waals surface area contributed by atoms with E-state index < -0.39 is 11.6 Å². The number of halogens is 2. The minimum absolute atomic E-state index is 0.0957. The van der Waals surface area contributed by atoms with Crippen LogP contribution in [0.25, 0.3) is 0 Å². The molecule has 1 aliphatic rings. The fourth-order valence-corrected chi connectivity index (χ4v) is 3.38. The summed E-state index contributed by atoms with van der Waals surface area (Å²) in [6.07, 6.45) is 4.15.